The zero-order chi connectivity index (χ0) is 14.3. The van der Waals surface area contributed by atoms with Gasteiger partial charge >= 0.3 is 6.98 Å². The number of benzene rings is 2. The van der Waals surface area contributed by atoms with Crippen LogP contribution in [0.25, 0.3) is 22.4 Å². The summed E-state index contributed by atoms with van der Waals surface area (Å²) in [7, 11) is 0. The normalized spacial score (nSPS) is 12.0. The number of aromatic nitrogens is 2. The second kappa shape index (κ2) is 4.36. The van der Waals surface area contributed by atoms with Crippen LogP contribution in [0.5, 0.6) is 0 Å². The predicted octanol–water partition coefficient (Wildman–Crippen LogP) is 3.42. The molecule has 0 saturated carbocycles. The van der Waals surface area contributed by atoms with Gasteiger partial charge in [-0.3, -0.25) is 0 Å². The molecule has 0 aliphatic rings. The number of imidazole rings is 1. The summed E-state index contributed by atoms with van der Waals surface area (Å²) in [4.78, 5) is 7.11. The maximum atomic E-state index is 13.3. The third-order valence-electron chi connectivity index (χ3n) is 3.01. The Labute approximate surface area is 111 Å². The lowest BCUT2D eigenvalue weighted by molar-refractivity contribution is 0.494. The van der Waals surface area contributed by atoms with Gasteiger partial charge in [0.25, 0.3) is 0 Å². The minimum Gasteiger partial charge on any atom is -0.445 e. The highest BCUT2D eigenvalue weighted by molar-refractivity contribution is 6.73. The Morgan fingerprint density at radius 3 is 2.45 bits per heavy atom. The van der Waals surface area contributed by atoms with Crippen LogP contribution in [0.1, 0.15) is 0 Å². The minimum absolute atomic E-state index is 0.205. The van der Waals surface area contributed by atoms with Crippen molar-refractivity contribution in [3.05, 3.63) is 48.3 Å². The minimum atomic E-state index is -5.39. The van der Waals surface area contributed by atoms with E-state index >= 15 is 0 Å². The number of fused-ring (bicyclic) bond motifs is 1. The van der Waals surface area contributed by atoms with Crippen LogP contribution in [-0.4, -0.2) is 16.9 Å². The molecule has 0 amide bonds. The molecule has 0 spiro atoms. The van der Waals surface area contributed by atoms with Crippen molar-refractivity contribution >= 4 is 23.5 Å². The Morgan fingerprint density at radius 1 is 1.00 bits per heavy atom. The summed E-state index contributed by atoms with van der Waals surface area (Å²) < 4.78 is 51.5. The topological polar surface area (TPSA) is 28.7 Å². The largest absolute Gasteiger partial charge is 0.512 e. The fourth-order valence-corrected chi connectivity index (χ4v) is 2.03. The van der Waals surface area contributed by atoms with E-state index < -0.39 is 18.3 Å². The summed E-state index contributed by atoms with van der Waals surface area (Å²) in [5, 5.41) is 0. The SMILES string of the molecule is Fc1ccc(-c2nc3ccccc3[nH]2)cc1[B-](F)(F)F. The molecule has 0 atom stereocenters. The average Bonchev–Trinajstić information content (AvgIpc) is 2.81. The molecule has 7 heteroatoms. The molecule has 0 bridgehead atoms. The second-order valence-electron chi connectivity index (χ2n) is 4.41. The third-order valence-corrected chi connectivity index (χ3v) is 3.01. The Hall–Kier alpha value is -2.31. The van der Waals surface area contributed by atoms with E-state index in [2.05, 4.69) is 9.97 Å². The Bertz CT molecular complexity index is 746. The number of H-pyrrole nitrogens is 1. The summed E-state index contributed by atoms with van der Waals surface area (Å²) in [6.07, 6.45) is 0. The summed E-state index contributed by atoms with van der Waals surface area (Å²) in [6, 6.07) is 9.96. The lowest BCUT2D eigenvalue weighted by Gasteiger charge is -2.16. The van der Waals surface area contributed by atoms with Crippen LogP contribution in [0.4, 0.5) is 17.3 Å². The molecule has 102 valence electrons. The number of para-hydroxylation sites is 2. The number of rotatable bonds is 2. The molecule has 20 heavy (non-hydrogen) atoms. The van der Waals surface area contributed by atoms with Gasteiger partial charge in [0.2, 0.25) is 0 Å². The number of halogens is 4. The van der Waals surface area contributed by atoms with Crippen molar-refractivity contribution in [3.63, 3.8) is 0 Å². The summed E-state index contributed by atoms with van der Waals surface area (Å²) in [5.41, 5.74) is 0.330. The Kier molecular flexibility index (Phi) is 2.77. The van der Waals surface area contributed by atoms with Gasteiger partial charge in [-0.15, -0.1) is 0 Å². The van der Waals surface area contributed by atoms with Crippen LogP contribution in [-0.2, 0) is 0 Å². The van der Waals surface area contributed by atoms with E-state index in [4.69, 9.17) is 0 Å². The smallest absolute Gasteiger partial charge is 0.445 e. The van der Waals surface area contributed by atoms with Gasteiger partial charge in [0.05, 0.1) is 16.9 Å². The van der Waals surface area contributed by atoms with Crippen LogP contribution in [0.3, 0.4) is 0 Å². The van der Waals surface area contributed by atoms with Crippen LogP contribution in [0, 0.1) is 5.82 Å². The van der Waals surface area contributed by atoms with Gasteiger partial charge < -0.3 is 17.9 Å². The Morgan fingerprint density at radius 2 is 1.75 bits per heavy atom. The van der Waals surface area contributed by atoms with Crippen LogP contribution in [0.2, 0.25) is 0 Å². The van der Waals surface area contributed by atoms with E-state index in [1.165, 1.54) is 6.07 Å². The molecule has 3 rings (SSSR count). The molecule has 0 saturated heterocycles. The molecule has 3 aromatic rings. The van der Waals surface area contributed by atoms with Crippen molar-refractivity contribution in [2.75, 3.05) is 0 Å². The predicted molar refractivity (Wildman–Crippen MR) is 70.2 cm³/mol. The van der Waals surface area contributed by atoms with Gasteiger partial charge in [0.15, 0.2) is 0 Å². The number of nitrogens with one attached hydrogen (secondary N) is 1. The van der Waals surface area contributed by atoms with Crippen molar-refractivity contribution in [2.24, 2.45) is 0 Å². The number of nitrogens with zero attached hydrogens (tertiary/aromatic N) is 1. The van der Waals surface area contributed by atoms with Crippen molar-refractivity contribution in [3.8, 4) is 11.4 Å². The zero-order valence-electron chi connectivity index (χ0n) is 10.1. The van der Waals surface area contributed by atoms with Crippen molar-refractivity contribution in [1.82, 2.24) is 9.97 Å². The highest BCUT2D eigenvalue weighted by Gasteiger charge is 2.29. The van der Waals surface area contributed by atoms with E-state index in [1.807, 2.05) is 0 Å². The first-order chi connectivity index (χ1) is 9.45. The highest BCUT2D eigenvalue weighted by Crippen LogP contribution is 2.22. The molecule has 0 aliphatic carbocycles. The first kappa shape index (κ1) is 12.7. The second-order valence-corrected chi connectivity index (χ2v) is 4.41. The maximum Gasteiger partial charge on any atom is 0.512 e. The lowest BCUT2D eigenvalue weighted by atomic mass is 9.79. The molecule has 0 aliphatic heterocycles. The first-order valence-corrected chi connectivity index (χ1v) is 5.89. The average molecular weight is 279 g/mol. The monoisotopic (exact) mass is 279 g/mol. The lowest BCUT2D eigenvalue weighted by Crippen LogP contribution is -2.36. The molecular weight excluding hydrogens is 271 g/mol. The van der Waals surface area contributed by atoms with Crippen LogP contribution in [0.15, 0.2) is 42.5 Å². The maximum absolute atomic E-state index is 13.3. The molecule has 0 radical (unpaired) electrons. The van der Waals surface area contributed by atoms with E-state index in [0.717, 1.165) is 12.1 Å². The fraction of sp³-hybridized carbons (Fsp3) is 0. The van der Waals surface area contributed by atoms with Gasteiger partial charge in [-0.25, -0.2) is 9.37 Å². The van der Waals surface area contributed by atoms with Gasteiger partial charge in [-0.05, 0) is 24.3 Å². The van der Waals surface area contributed by atoms with E-state index in [0.29, 0.717) is 11.0 Å². The van der Waals surface area contributed by atoms with Crippen molar-refractivity contribution in [1.29, 1.82) is 0 Å². The summed E-state index contributed by atoms with van der Waals surface area (Å²) >= 11 is 0. The number of aromatic amines is 1. The number of hydrogen-bond acceptors (Lipinski definition) is 1. The molecular formula is C13H8BF4N2-. The standard InChI is InChI=1S/C13H8BF4N2/c15-10-6-5-8(7-9(10)14(16,17)18)13-19-11-3-1-2-4-12(11)20-13/h1-7H,(H,19,20)/q-1. The summed E-state index contributed by atoms with van der Waals surface area (Å²) in [5.74, 6) is -0.982. The summed E-state index contributed by atoms with van der Waals surface area (Å²) in [6.45, 7) is -5.39. The molecule has 0 fully saturated rings. The molecule has 2 aromatic carbocycles. The van der Waals surface area contributed by atoms with Gasteiger partial charge in [-0.1, -0.05) is 23.7 Å². The molecule has 1 aromatic heterocycles. The number of hydrogen-bond donors (Lipinski definition) is 1. The van der Waals surface area contributed by atoms with E-state index in [9.17, 15) is 17.3 Å². The Balaban J connectivity index is 2.14. The molecule has 1 N–H and O–H groups in total. The van der Waals surface area contributed by atoms with Gasteiger partial charge in [0, 0.05) is 5.56 Å². The van der Waals surface area contributed by atoms with Crippen LogP contribution < -0.4 is 5.46 Å². The van der Waals surface area contributed by atoms with Crippen LogP contribution >= 0.6 is 0 Å². The zero-order valence-corrected chi connectivity index (χ0v) is 10.1. The van der Waals surface area contributed by atoms with Gasteiger partial charge in [-0.2, -0.15) is 0 Å². The van der Waals surface area contributed by atoms with Gasteiger partial charge in [0.1, 0.15) is 5.82 Å². The molecule has 1 heterocycles. The molecule has 0 unspecified atom stereocenters. The fourth-order valence-electron chi connectivity index (χ4n) is 2.03. The van der Waals surface area contributed by atoms with Crippen molar-refractivity contribution < 1.29 is 17.3 Å². The first-order valence-electron chi connectivity index (χ1n) is 5.89. The van der Waals surface area contributed by atoms with Crippen molar-refractivity contribution in [2.45, 2.75) is 0 Å². The van der Waals surface area contributed by atoms with E-state index in [-0.39, 0.29) is 11.4 Å². The third kappa shape index (κ3) is 2.15. The highest BCUT2D eigenvalue weighted by atomic mass is 19.4. The molecule has 2 nitrogen and oxygen atoms in total. The van der Waals surface area contributed by atoms with E-state index in [1.54, 1.807) is 24.3 Å². The quantitative estimate of drug-likeness (QED) is 0.565.